The SMILES string of the molecule is O=S(=O)(C1CC1)N1CCC2(CNC2)C1. The molecule has 1 spiro atoms. The molecule has 5 heteroatoms. The molecule has 0 bridgehead atoms. The predicted molar refractivity (Wildman–Crippen MR) is 53.4 cm³/mol. The van der Waals surface area contributed by atoms with E-state index in [9.17, 15) is 8.42 Å². The summed E-state index contributed by atoms with van der Waals surface area (Å²) in [4.78, 5) is 0. The molecule has 0 radical (unpaired) electrons. The standard InChI is InChI=1S/C9H16N2O2S/c12-14(13,8-1-2-8)11-4-3-9(7-11)5-10-6-9/h8,10H,1-7H2. The monoisotopic (exact) mass is 216 g/mol. The number of hydrogen-bond acceptors (Lipinski definition) is 3. The van der Waals surface area contributed by atoms with Crippen LogP contribution in [0.3, 0.4) is 0 Å². The summed E-state index contributed by atoms with van der Waals surface area (Å²) in [6.45, 7) is 3.52. The smallest absolute Gasteiger partial charge is 0.217 e. The Morgan fingerprint density at radius 3 is 2.43 bits per heavy atom. The van der Waals surface area contributed by atoms with Gasteiger partial charge in [-0.1, -0.05) is 0 Å². The van der Waals surface area contributed by atoms with Crippen LogP contribution in [0.1, 0.15) is 19.3 Å². The van der Waals surface area contributed by atoms with Crippen molar-refractivity contribution in [3.05, 3.63) is 0 Å². The Kier molecular flexibility index (Phi) is 1.77. The molecule has 0 atom stereocenters. The number of rotatable bonds is 2. The van der Waals surface area contributed by atoms with E-state index in [-0.39, 0.29) is 5.25 Å². The van der Waals surface area contributed by atoms with Crippen LogP contribution in [0.25, 0.3) is 0 Å². The molecule has 4 nitrogen and oxygen atoms in total. The van der Waals surface area contributed by atoms with E-state index >= 15 is 0 Å². The second-order valence-electron chi connectivity index (χ2n) is 4.93. The largest absolute Gasteiger partial charge is 0.315 e. The maximum absolute atomic E-state index is 11.9. The Hall–Kier alpha value is -0.130. The van der Waals surface area contributed by atoms with Crippen molar-refractivity contribution >= 4 is 10.0 Å². The summed E-state index contributed by atoms with van der Waals surface area (Å²) >= 11 is 0. The lowest BCUT2D eigenvalue weighted by Crippen LogP contribution is -2.55. The van der Waals surface area contributed by atoms with Gasteiger partial charge in [-0.2, -0.15) is 0 Å². The number of nitrogens with one attached hydrogen (secondary N) is 1. The molecule has 0 amide bonds. The van der Waals surface area contributed by atoms with Gasteiger partial charge in [-0.25, -0.2) is 12.7 Å². The van der Waals surface area contributed by atoms with Gasteiger partial charge in [0.1, 0.15) is 0 Å². The van der Waals surface area contributed by atoms with Gasteiger partial charge in [-0.05, 0) is 19.3 Å². The summed E-state index contributed by atoms with van der Waals surface area (Å²) in [7, 11) is -2.91. The van der Waals surface area contributed by atoms with E-state index < -0.39 is 10.0 Å². The fraction of sp³-hybridized carbons (Fsp3) is 1.00. The van der Waals surface area contributed by atoms with Gasteiger partial charge >= 0.3 is 0 Å². The summed E-state index contributed by atoms with van der Waals surface area (Å²) in [5.74, 6) is 0. The molecule has 1 saturated carbocycles. The van der Waals surface area contributed by atoms with Gasteiger partial charge < -0.3 is 5.32 Å². The van der Waals surface area contributed by atoms with Crippen molar-refractivity contribution in [1.82, 2.24) is 9.62 Å². The Morgan fingerprint density at radius 2 is 2.00 bits per heavy atom. The lowest BCUT2D eigenvalue weighted by atomic mass is 9.81. The zero-order valence-corrected chi connectivity index (χ0v) is 9.02. The zero-order chi connectivity index (χ0) is 9.81. The Bertz CT molecular complexity index is 344. The van der Waals surface area contributed by atoms with Crippen molar-refractivity contribution in [2.45, 2.75) is 24.5 Å². The molecule has 2 aliphatic heterocycles. The molecule has 1 aliphatic carbocycles. The van der Waals surface area contributed by atoms with Crippen molar-refractivity contribution in [2.24, 2.45) is 5.41 Å². The van der Waals surface area contributed by atoms with Crippen molar-refractivity contribution in [1.29, 1.82) is 0 Å². The van der Waals surface area contributed by atoms with E-state index in [1.165, 1.54) is 0 Å². The Morgan fingerprint density at radius 1 is 1.29 bits per heavy atom. The first kappa shape index (κ1) is 9.12. The minimum atomic E-state index is -2.91. The van der Waals surface area contributed by atoms with Crippen molar-refractivity contribution in [3.63, 3.8) is 0 Å². The topological polar surface area (TPSA) is 49.4 Å². The third-order valence-corrected chi connectivity index (χ3v) is 6.05. The third-order valence-electron chi connectivity index (χ3n) is 3.71. The highest BCUT2D eigenvalue weighted by molar-refractivity contribution is 7.90. The van der Waals surface area contributed by atoms with Crippen LogP contribution < -0.4 is 5.32 Å². The highest BCUT2D eigenvalue weighted by Gasteiger charge is 2.49. The summed E-state index contributed by atoms with van der Waals surface area (Å²) in [5.41, 5.74) is 0.294. The van der Waals surface area contributed by atoms with Crippen LogP contribution in [-0.4, -0.2) is 44.2 Å². The molecule has 14 heavy (non-hydrogen) atoms. The van der Waals surface area contributed by atoms with Crippen LogP contribution in [0.4, 0.5) is 0 Å². The normalized spacial score (nSPS) is 32.0. The molecule has 3 fully saturated rings. The lowest BCUT2D eigenvalue weighted by Gasteiger charge is -2.39. The van der Waals surface area contributed by atoms with Gasteiger partial charge in [0.2, 0.25) is 10.0 Å². The molecule has 3 rings (SSSR count). The minimum Gasteiger partial charge on any atom is -0.315 e. The van der Waals surface area contributed by atoms with Crippen LogP contribution >= 0.6 is 0 Å². The van der Waals surface area contributed by atoms with Crippen LogP contribution in [-0.2, 0) is 10.0 Å². The van der Waals surface area contributed by atoms with E-state index in [4.69, 9.17) is 0 Å². The number of nitrogens with zero attached hydrogens (tertiary/aromatic N) is 1. The van der Waals surface area contributed by atoms with E-state index in [2.05, 4.69) is 5.32 Å². The van der Waals surface area contributed by atoms with Gasteiger partial charge in [0.25, 0.3) is 0 Å². The first-order chi connectivity index (χ1) is 6.62. The van der Waals surface area contributed by atoms with E-state index in [1.54, 1.807) is 4.31 Å². The fourth-order valence-corrected chi connectivity index (χ4v) is 4.41. The molecular formula is C9H16N2O2S. The molecule has 3 aliphatic rings. The fourth-order valence-electron chi connectivity index (χ4n) is 2.46. The molecular weight excluding hydrogens is 200 g/mol. The van der Waals surface area contributed by atoms with Crippen molar-refractivity contribution in [2.75, 3.05) is 26.2 Å². The minimum absolute atomic E-state index is 0.0364. The maximum atomic E-state index is 11.9. The molecule has 0 aromatic rings. The van der Waals surface area contributed by atoms with E-state index in [1.807, 2.05) is 0 Å². The van der Waals surface area contributed by atoms with Crippen LogP contribution in [0.2, 0.25) is 0 Å². The number of hydrogen-bond donors (Lipinski definition) is 1. The summed E-state index contributed by atoms with van der Waals surface area (Å²) in [6, 6.07) is 0. The predicted octanol–water partition coefficient (Wildman–Crippen LogP) is -0.226. The second kappa shape index (κ2) is 2.71. The molecule has 1 N–H and O–H groups in total. The summed E-state index contributed by atoms with van der Waals surface area (Å²) in [6.07, 6.45) is 2.81. The molecule has 0 aromatic heterocycles. The van der Waals surface area contributed by atoms with Crippen LogP contribution in [0.5, 0.6) is 0 Å². The third kappa shape index (κ3) is 1.22. The second-order valence-corrected chi connectivity index (χ2v) is 7.14. The highest BCUT2D eigenvalue weighted by atomic mass is 32.2. The number of sulfonamides is 1. The molecule has 80 valence electrons. The Labute approximate surface area is 84.7 Å². The highest BCUT2D eigenvalue weighted by Crippen LogP contribution is 2.39. The van der Waals surface area contributed by atoms with E-state index in [0.717, 1.165) is 45.4 Å². The van der Waals surface area contributed by atoms with Gasteiger partial charge in [-0.15, -0.1) is 0 Å². The van der Waals surface area contributed by atoms with E-state index in [0.29, 0.717) is 5.41 Å². The van der Waals surface area contributed by atoms with Crippen molar-refractivity contribution in [3.8, 4) is 0 Å². The molecule has 2 heterocycles. The summed E-state index contributed by atoms with van der Waals surface area (Å²) in [5, 5.41) is 3.20. The van der Waals surface area contributed by atoms with Crippen LogP contribution in [0, 0.1) is 5.41 Å². The quantitative estimate of drug-likeness (QED) is 0.694. The molecule has 0 aromatic carbocycles. The average molecular weight is 216 g/mol. The summed E-state index contributed by atoms with van der Waals surface area (Å²) < 4.78 is 25.6. The van der Waals surface area contributed by atoms with Crippen LogP contribution in [0.15, 0.2) is 0 Å². The lowest BCUT2D eigenvalue weighted by molar-refractivity contribution is 0.187. The Balaban J connectivity index is 1.75. The first-order valence-electron chi connectivity index (χ1n) is 5.32. The van der Waals surface area contributed by atoms with Gasteiger partial charge in [0.05, 0.1) is 5.25 Å². The molecule has 0 unspecified atom stereocenters. The van der Waals surface area contributed by atoms with Gasteiger partial charge in [0, 0.05) is 31.6 Å². The van der Waals surface area contributed by atoms with Gasteiger partial charge in [0.15, 0.2) is 0 Å². The first-order valence-corrected chi connectivity index (χ1v) is 6.83. The zero-order valence-electron chi connectivity index (χ0n) is 8.20. The van der Waals surface area contributed by atoms with Gasteiger partial charge in [-0.3, -0.25) is 0 Å². The van der Waals surface area contributed by atoms with Crippen molar-refractivity contribution < 1.29 is 8.42 Å². The maximum Gasteiger partial charge on any atom is 0.217 e. The average Bonchev–Trinajstić information content (AvgIpc) is 2.82. The molecule has 2 saturated heterocycles.